The SMILES string of the molecule is Cc1ccc(Br)c2c(C(C)(C)C)c(C(=O)O)oc12. The lowest BCUT2D eigenvalue weighted by Gasteiger charge is -2.18. The topological polar surface area (TPSA) is 50.4 Å². The molecule has 0 bridgehead atoms. The molecule has 18 heavy (non-hydrogen) atoms. The van der Waals surface area contributed by atoms with Gasteiger partial charge >= 0.3 is 5.97 Å². The number of hydrogen-bond donors (Lipinski definition) is 1. The summed E-state index contributed by atoms with van der Waals surface area (Å²) in [6.07, 6.45) is 0. The first kappa shape index (κ1) is 13.1. The van der Waals surface area contributed by atoms with Crippen molar-refractivity contribution in [1.82, 2.24) is 0 Å². The van der Waals surface area contributed by atoms with Crippen molar-refractivity contribution in [3.8, 4) is 0 Å². The Kier molecular flexibility index (Phi) is 3.01. The van der Waals surface area contributed by atoms with Crippen molar-refractivity contribution < 1.29 is 14.3 Å². The van der Waals surface area contributed by atoms with E-state index >= 15 is 0 Å². The van der Waals surface area contributed by atoms with Crippen LogP contribution in [0.3, 0.4) is 0 Å². The Bertz CT molecular complexity index is 633. The van der Waals surface area contributed by atoms with Crippen molar-refractivity contribution >= 4 is 32.9 Å². The van der Waals surface area contributed by atoms with Gasteiger partial charge in [0.15, 0.2) is 0 Å². The monoisotopic (exact) mass is 310 g/mol. The van der Waals surface area contributed by atoms with Gasteiger partial charge in [-0.25, -0.2) is 4.79 Å². The van der Waals surface area contributed by atoms with Gasteiger partial charge < -0.3 is 9.52 Å². The van der Waals surface area contributed by atoms with Crippen LogP contribution in [0.2, 0.25) is 0 Å². The molecule has 0 atom stereocenters. The molecule has 3 nitrogen and oxygen atoms in total. The minimum absolute atomic E-state index is 0.0347. The maximum Gasteiger partial charge on any atom is 0.372 e. The van der Waals surface area contributed by atoms with Gasteiger partial charge in [0.25, 0.3) is 0 Å². The Hall–Kier alpha value is -1.29. The van der Waals surface area contributed by atoms with Crippen LogP contribution in [0.25, 0.3) is 11.0 Å². The zero-order valence-electron chi connectivity index (χ0n) is 10.8. The average molecular weight is 311 g/mol. The van der Waals surface area contributed by atoms with E-state index < -0.39 is 5.97 Å². The Morgan fingerprint density at radius 3 is 2.44 bits per heavy atom. The van der Waals surface area contributed by atoms with E-state index in [0.717, 1.165) is 21.0 Å². The highest BCUT2D eigenvalue weighted by Gasteiger charge is 2.30. The number of aryl methyl sites for hydroxylation is 1. The molecule has 2 rings (SSSR count). The number of carbonyl (C=O) groups is 1. The van der Waals surface area contributed by atoms with Gasteiger partial charge in [-0.15, -0.1) is 0 Å². The van der Waals surface area contributed by atoms with E-state index in [1.807, 2.05) is 39.8 Å². The van der Waals surface area contributed by atoms with E-state index in [4.69, 9.17) is 4.42 Å². The number of carboxylic acids is 1. The van der Waals surface area contributed by atoms with Crippen molar-refractivity contribution in [2.45, 2.75) is 33.1 Å². The van der Waals surface area contributed by atoms with Crippen LogP contribution in [0.15, 0.2) is 21.0 Å². The first-order chi connectivity index (χ1) is 8.23. The van der Waals surface area contributed by atoms with E-state index in [1.165, 1.54) is 0 Å². The highest BCUT2D eigenvalue weighted by molar-refractivity contribution is 9.10. The molecule has 0 aliphatic heterocycles. The van der Waals surface area contributed by atoms with Crippen molar-refractivity contribution in [3.05, 3.63) is 33.5 Å². The summed E-state index contributed by atoms with van der Waals surface area (Å²) in [5.74, 6) is -0.991. The summed E-state index contributed by atoms with van der Waals surface area (Å²) in [6, 6.07) is 3.84. The molecule has 0 saturated heterocycles. The molecule has 1 heterocycles. The molecule has 0 amide bonds. The molecule has 1 aromatic carbocycles. The number of furan rings is 1. The minimum Gasteiger partial charge on any atom is -0.475 e. The van der Waals surface area contributed by atoms with Crippen molar-refractivity contribution in [3.63, 3.8) is 0 Å². The molecule has 4 heteroatoms. The number of fused-ring (bicyclic) bond motifs is 1. The van der Waals surface area contributed by atoms with E-state index in [1.54, 1.807) is 0 Å². The van der Waals surface area contributed by atoms with Gasteiger partial charge in [-0.1, -0.05) is 42.8 Å². The fourth-order valence-corrected chi connectivity index (χ4v) is 2.67. The van der Waals surface area contributed by atoms with Gasteiger partial charge in [0.05, 0.1) is 0 Å². The number of hydrogen-bond acceptors (Lipinski definition) is 2. The van der Waals surface area contributed by atoms with Gasteiger partial charge in [-0.2, -0.15) is 0 Å². The molecule has 0 fully saturated rings. The largest absolute Gasteiger partial charge is 0.475 e. The van der Waals surface area contributed by atoms with Crippen LogP contribution in [0.4, 0.5) is 0 Å². The third kappa shape index (κ3) is 1.94. The van der Waals surface area contributed by atoms with Crippen LogP contribution in [0, 0.1) is 6.92 Å². The standard InChI is InChI=1S/C14H15BrO3/c1-7-5-6-8(15)9-10(14(2,3)4)12(13(16)17)18-11(7)9/h5-6H,1-4H3,(H,16,17). The molecule has 1 N–H and O–H groups in total. The molecular weight excluding hydrogens is 296 g/mol. The molecule has 0 unspecified atom stereocenters. The quantitative estimate of drug-likeness (QED) is 0.843. The predicted molar refractivity (Wildman–Crippen MR) is 74.3 cm³/mol. The van der Waals surface area contributed by atoms with Crippen LogP contribution >= 0.6 is 15.9 Å². The lowest BCUT2D eigenvalue weighted by Crippen LogP contribution is -2.15. The summed E-state index contributed by atoms with van der Waals surface area (Å²) in [4.78, 5) is 11.4. The van der Waals surface area contributed by atoms with E-state index in [2.05, 4.69) is 15.9 Å². The summed E-state index contributed by atoms with van der Waals surface area (Å²) in [5.41, 5.74) is 2.02. The summed E-state index contributed by atoms with van der Waals surface area (Å²) in [5, 5.41) is 10.2. The minimum atomic E-state index is -1.03. The zero-order valence-corrected chi connectivity index (χ0v) is 12.4. The van der Waals surface area contributed by atoms with Crippen LogP contribution in [0.5, 0.6) is 0 Å². The predicted octanol–water partition coefficient (Wildman–Crippen LogP) is 4.50. The zero-order chi connectivity index (χ0) is 13.7. The number of halogens is 1. The average Bonchev–Trinajstić information content (AvgIpc) is 2.64. The first-order valence-electron chi connectivity index (χ1n) is 5.69. The second-order valence-corrected chi connectivity index (χ2v) is 6.28. The molecule has 0 saturated carbocycles. The number of rotatable bonds is 1. The Morgan fingerprint density at radius 1 is 1.33 bits per heavy atom. The summed E-state index contributed by atoms with van der Waals surface area (Å²) in [7, 11) is 0. The van der Waals surface area contributed by atoms with Gasteiger partial charge in [0.2, 0.25) is 5.76 Å². The van der Waals surface area contributed by atoms with Crippen LogP contribution in [-0.2, 0) is 5.41 Å². The highest BCUT2D eigenvalue weighted by atomic mass is 79.9. The number of carboxylic acid groups (broad SMARTS) is 1. The van der Waals surface area contributed by atoms with Gasteiger partial charge in [-0.05, 0) is 24.0 Å². The molecule has 96 valence electrons. The molecular formula is C14H15BrO3. The lowest BCUT2D eigenvalue weighted by atomic mass is 9.84. The van der Waals surface area contributed by atoms with E-state index in [9.17, 15) is 9.90 Å². The van der Waals surface area contributed by atoms with Crippen molar-refractivity contribution in [2.75, 3.05) is 0 Å². The second kappa shape index (κ2) is 4.12. The Labute approximate surface area is 114 Å². The smallest absolute Gasteiger partial charge is 0.372 e. The molecule has 0 aliphatic carbocycles. The number of benzene rings is 1. The number of aromatic carboxylic acids is 1. The normalized spacial score (nSPS) is 12.1. The first-order valence-corrected chi connectivity index (χ1v) is 6.48. The maximum absolute atomic E-state index is 11.4. The second-order valence-electron chi connectivity index (χ2n) is 5.43. The molecule has 0 spiro atoms. The van der Waals surface area contributed by atoms with Crippen molar-refractivity contribution in [1.29, 1.82) is 0 Å². The Morgan fingerprint density at radius 2 is 1.94 bits per heavy atom. The Balaban J connectivity index is 3.00. The summed E-state index contributed by atoms with van der Waals surface area (Å²) in [6.45, 7) is 7.87. The van der Waals surface area contributed by atoms with Gasteiger partial charge in [0, 0.05) is 15.4 Å². The fraction of sp³-hybridized carbons (Fsp3) is 0.357. The van der Waals surface area contributed by atoms with Crippen LogP contribution in [0.1, 0.15) is 42.5 Å². The van der Waals surface area contributed by atoms with Crippen LogP contribution < -0.4 is 0 Å². The third-order valence-corrected chi connectivity index (χ3v) is 3.59. The summed E-state index contributed by atoms with van der Waals surface area (Å²) >= 11 is 3.48. The van der Waals surface area contributed by atoms with Gasteiger partial charge in [-0.3, -0.25) is 0 Å². The van der Waals surface area contributed by atoms with Crippen molar-refractivity contribution in [2.24, 2.45) is 0 Å². The highest BCUT2D eigenvalue weighted by Crippen LogP contribution is 2.40. The van der Waals surface area contributed by atoms with Crippen LogP contribution in [-0.4, -0.2) is 11.1 Å². The van der Waals surface area contributed by atoms with Gasteiger partial charge in [0.1, 0.15) is 5.58 Å². The van der Waals surface area contributed by atoms with E-state index in [-0.39, 0.29) is 11.2 Å². The molecule has 0 radical (unpaired) electrons. The lowest BCUT2D eigenvalue weighted by molar-refractivity contribution is 0.0661. The molecule has 0 aliphatic rings. The fourth-order valence-electron chi connectivity index (χ4n) is 2.16. The maximum atomic E-state index is 11.4. The molecule has 2 aromatic rings. The summed E-state index contributed by atoms with van der Waals surface area (Å²) < 4.78 is 6.43. The third-order valence-electron chi connectivity index (χ3n) is 2.93. The molecule has 1 aromatic heterocycles. The van der Waals surface area contributed by atoms with E-state index in [0.29, 0.717) is 5.58 Å².